The van der Waals surface area contributed by atoms with Crippen molar-refractivity contribution in [1.29, 1.82) is 0 Å². The second-order valence-electron chi connectivity index (χ2n) is 5.58. The number of ether oxygens (including phenoxy) is 2. The molecule has 1 unspecified atom stereocenters. The molecule has 18 heavy (non-hydrogen) atoms. The van der Waals surface area contributed by atoms with Crippen LogP contribution in [0.1, 0.15) is 24.5 Å². The number of benzene rings is 1. The van der Waals surface area contributed by atoms with Crippen LogP contribution < -0.4 is 10.5 Å². The van der Waals surface area contributed by atoms with E-state index in [2.05, 4.69) is 26.0 Å². The lowest BCUT2D eigenvalue weighted by Gasteiger charge is -2.37. The molecule has 1 heterocycles. The zero-order valence-corrected chi connectivity index (χ0v) is 11.5. The van der Waals surface area contributed by atoms with Gasteiger partial charge in [0.05, 0.1) is 20.3 Å². The Labute approximate surface area is 109 Å². The molecule has 0 radical (unpaired) electrons. The molecule has 1 atom stereocenters. The third-order valence-corrected chi connectivity index (χ3v) is 3.90. The van der Waals surface area contributed by atoms with Gasteiger partial charge in [0, 0.05) is 23.4 Å². The molecule has 1 aromatic carbocycles. The Hall–Kier alpha value is -1.06. The van der Waals surface area contributed by atoms with Crippen LogP contribution in [0.25, 0.3) is 0 Å². The SMILES string of the molecule is COc1ccc(C)cc1C(C)(CN)CC1COC1. The van der Waals surface area contributed by atoms with Crippen molar-refractivity contribution >= 4 is 0 Å². The molecule has 0 amide bonds. The number of hydrogen-bond donors (Lipinski definition) is 1. The van der Waals surface area contributed by atoms with Crippen molar-refractivity contribution in [3.05, 3.63) is 29.3 Å². The molecular formula is C15H23NO2. The van der Waals surface area contributed by atoms with E-state index in [1.54, 1.807) is 7.11 Å². The van der Waals surface area contributed by atoms with Crippen LogP contribution in [0, 0.1) is 12.8 Å². The minimum atomic E-state index is -0.0359. The fourth-order valence-corrected chi connectivity index (χ4v) is 2.64. The highest BCUT2D eigenvalue weighted by Crippen LogP contribution is 2.38. The monoisotopic (exact) mass is 249 g/mol. The van der Waals surface area contributed by atoms with Gasteiger partial charge in [-0.2, -0.15) is 0 Å². The van der Waals surface area contributed by atoms with E-state index < -0.39 is 0 Å². The van der Waals surface area contributed by atoms with Gasteiger partial charge in [0.1, 0.15) is 5.75 Å². The topological polar surface area (TPSA) is 44.5 Å². The van der Waals surface area contributed by atoms with Crippen LogP contribution >= 0.6 is 0 Å². The van der Waals surface area contributed by atoms with Gasteiger partial charge in [-0.25, -0.2) is 0 Å². The minimum absolute atomic E-state index is 0.0359. The maximum atomic E-state index is 6.04. The first-order valence-corrected chi connectivity index (χ1v) is 6.52. The summed E-state index contributed by atoms with van der Waals surface area (Å²) in [7, 11) is 1.72. The summed E-state index contributed by atoms with van der Waals surface area (Å²) in [5.74, 6) is 1.57. The van der Waals surface area contributed by atoms with Gasteiger partial charge < -0.3 is 15.2 Å². The molecule has 1 aromatic rings. The predicted molar refractivity (Wildman–Crippen MR) is 73.1 cm³/mol. The maximum absolute atomic E-state index is 6.04. The van der Waals surface area contributed by atoms with Gasteiger partial charge in [-0.3, -0.25) is 0 Å². The number of rotatable bonds is 5. The first-order valence-electron chi connectivity index (χ1n) is 6.52. The quantitative estimate of drug-likeness (QED) is 0.870. The summed E-state index contributed by atoms with van der Waals surface area (Å²) in [6, 6.07) is 6.31. The summed E-state index contributed by atoms with van der Waals surface area (Å²) in [6.07, 6.45) is 1.06. The lowest BCUT2D eigenvalue weighted by atomic mass is 9.74. The van der Waals surface area contributed by atoms with Crippen molar-refractivity contribution in [3.8, 4) is 5.75 Å². The van der Waals surface area contributed by atoms with E-state index in [4.69, 9.17) is 15.2 Å². The summed E-state index contributed by atoms with van der Waals surface area (Å²) in [6.45, 7) is 6.69. The smallest absolute Gasteiger partial charge is 0.122 e. The summed E-state index contributed by atoms with van der Waals surface area (Å²) in [5, 5.41) is 0. The van der Waals surface area contributed by atoms with Crippen LogP contribution in [-0.4, -0.2) is 26.9 Å². The van der Waals surface area contributed by atoms with E-state index in [1.165, 1.54) is 11.1 Å². The highest BCUT2D eigenvalue weighted by atomic mass is 16.5. The minimum Gasteiger partial charge on any atom is -0.496 e. The summed E-state index contributed by atoms with van der Waals surface area (Å²) < 4.78 is 10.8. The molecule has 0 bridgehead atoms. The Morgan fingerprint density at radius 2 is 2.17 bits per heavy atom. The molecule has 2 N–H and O–H groups in total. The molecule has 0 spiro atoms. The lowest BCUT2D eigenvalue weighted by molar-refractivity contribution is -0.0442. The molecule has 0 aromatic heterocycles. The molecule has 3 heteroatoms. The van der Waals surface area contributed by atoms with Crippen LogP contribution in [0.3, 0.4) is 0 Å². The second-order valence-corrected chi connectivity index (χ2v) is 5.58. The Morgan fingerprint density at radius 3 is 2.67 bits per heavy atom. The number of methoxy groups -OCH3 is 1. The van der Waals surface area contributed by atoms with E-state index in [0.717, 1.165) is 25.4 Å². The Morgan fingerprint density at radius 1 is 1.44 bits per heavy atom. The molecular weight excluding hydrogens is 226 g/mol. The van der Waals surface area contributed by atoms with E-state index in [-0.39, 0.29) is 5.41 Å². The fourth-order valence-electron chi connectivity index (χ4n) is 2.64. The van der Waals surface area contributed by atoms with Crippen molar-refractivity contribution in [2.24, 2.45) is 11.7 Å². The van der Waals surface area contributed by atoms with E-state index in [0.29, 0.717) is 12.5 Å². The third kappa shape index (κ3) is 2.52. The second kappa shape index (κ2) is 5.29. The molecule has 2 rings (SSSR count). The van der Waals surface area contributed by atoms with Gasteiger partial charge in [0.2, 0.25) is 0 Å². The average molecular weight is 249 g/mol. The maximum Gasteiger partial charge on any atom is 0.122 e. The van der Waals surface area contributed by atoms with Crippen molar-refractivity contribution in [2.45, 2.75) is 25.7 Å². The van der Waals surface area contributed by atoms with Crippen LogP contribution in [-0.2, 0) is 10.2 Å². The standard InChI is InChI=1S/C15H23NO2/c1-11-4-5-14(17-3)13(6-11)15(2,10-16)7-12-8-18-9-12/h4-6,12H,7-10,16H2,1-3H3. The van der Waals surface area contributed by atoms with Crippen molar-refractivity contribution < 1.29 is 9.47 Å². The number of aryl methyl sites for hydroxylation is 1. The summed E-state index contributed by atoms with van der Waals surface area (Å²) in [4.78, 5) is 0. The Bertz CT molecular complexity index is 415. The van der Waals surface area contributed by atoms with Gasteiger partial charge in [-0.1, -0.05) is 24.6 Å². The number of hydrogen-bond acceptors (Lipinski definition) is 3. The van der Waals surface area contributed by atoms with Crippen molar-refractivity contribution in [1.82, 2.24) is 0 Å². The first kappa shape index (κ1) is 13.4. The number of nitrogens with two attached hydrogens (primary N) is 1. The highest BCUT2D eigenvalue weighted by Gasteiger charge is 2.34. The van der Waals surface area contributed by atoms with Gasteiger partial charge in [0.25, 0.3) is 0 Å². The first-order chi connectivity index (χ1) is 8.59. The van der Waals surface area contributed by atoms with Gasteiger partial charge in [-0.15, -0.1) is 0 Å². The Balaban J connectivity index is 2.31. The largest absolute Gasteiger partial charge is 0.496 e. The molecule has 1 saturated heterocycles. The van der Waals surface area contributed by atoms with Gasteiger partial charge in [0.15, 0.2) is 0 Å². The Kier molecular flexibility index (Phi) is 3.93. The van der Waals surface area contributed by atoms with E-state index >= 15 is 0 Å². The van der Waals surface area contributed by atoms with Crippen LogP contribution in [0.5, 0.6) is 5.75 Å². The van der Waals surface area contributed by atoms with E-state index in [1.807, 2.05) is 6.07 Å². The van der Waals surface area contributed by atoms with Crippen LogP contribution in [0.2, 0.25) is 0 Å². The highest BCUT2D eigenvalue weighted by molar-refractivity contribution is 5.42. The molecule has 1 fully saturated rings. The van der Waals surface area contributed by atoms with Gasteiger partial charge >= 0.3 is 0 Å². The average Bonchev–Trinajstić information content (AvgIpc) is 2.33. The van der Waals surface area contributed by atoms with Crippen molar-refractivity contribution in [2.75, 3.05) is 26.9 Å². The molecule has 0 saturated carbocycles. The van der Waals surface area contributed by atoms with Crippen LogP contribution in [0.15, 0.2) is 18.2 Å². The lowest BCUT2D eigenvalue weighted by Crippen LogP contribution is -2.40. The van der Waals surface area contributed by atoms with E-state index in [9.17, 15) is 0 Å². The molecule has 1 aliphatic rings. The summed E-state index contributed by atoms with van der Waals surface area (Å²) >= 11 is 0. The fraction of sp³-hybridized carbons (Fsp3) is 0.600. The molecule has 100 valence electrons. The molecule has 1 aliphatic heterocycles. The zero-order chi connectivity index (χ0) is 13.2. The zero-order valence-electron chi connectivity index (χ0n) is 11.5. The molecule has 0 aliphatic carbocycles. The predicted octanol–water partition coefficient (Wildman–Crippen LogP) is 2.26. The van der Waals surface area contributed by atoms with Crippen molar-refractivity contribution in [3.63, 3.8) is 0 Å². The van der Waals surface area contributed by atoms with Crippen LogP contribution in [0.4, 0.5) is 0 Å². The molecule has 3 nitrogen and oxygen atoms in total. The normalized spacial score (nSPS) is 19.1. The summed E-state index contributed by atoms with van der Waals surface area (Å²) in [5.41, 5.74) is 8.47. The third-order valence-electron chi connectivity index (χ3n) is 3.90. The van der Waals surface area contributed by atoms with Gasteiger partial charge in [-0.05, 0) is 19.4 Å².